The van der Waals surface area contributed by atoms with Crippen LogP contribution in [-0.4, -0.2) is 54.8 Å². The molecule has 0 bridgehead atoms. The summed E-state index contributed by atoms with van der Waals surface area (Å²) in [4.78, 5) is 30.0. The van der Waals surface area contributed by atoms with Crippen molar-refractivity contribution in [3.05, 3.63) is 22.3 Å². The van der Waals surface area contributed by atoms with Crippen LogP contribution in [-0.2, 0) is 9.59 Å². The molecule has 0 radical (unpaired) electrons. The molecule has 2 amide bonds. The quantitative estimate of drug-likeness (QED) is 0.102. The molecule has 2 atom stereocenters. The Hall–Kier alpha value is -1.69. The maximum atomic E-state index is 12.5. The smallest absolute Gasteiger partial charge is 0.863 e. The Morgan fingerprint density at radius 1 is 1.64 bits per heavy atom. The number of amides is 2. The number of hydrogen-bond acceptors (Lipinski definition) is 11. The van der Waals surface area contributed by atoms with Gasteiger partial charge in [0.2, 0.25) is 0 Å². The number of nitrogen functional groups attached to an aromatic ring is 1. The molecular weight excluding hydrogens is 435 g/mol. The molecule has 1 aromatic rings. The predicted molar refractivity (Wildman–Crippen MR) is 99.7 cm³/mol. The number of carbonyl (C=O) groups is 2. The van der Waals surface area contributed by atoms with Crippen LogP contribution in [0.2, 0.25) is 0 Å². The van der Waals surface area contributed by atoms with E-state index in [0.29, 0.717) is 11.3 Å². The fourth-order valence-electron chi connectivity index (χ4n) is 2.72. The summed E-state index contributed by atoms with van der Waals surface area (Å²) >= 11 is 7.06. The minimum atomic E-state index is -0.928. The number of anilines is 1. The molecule has 3 heterocycles. The van der Waals surface area contributed by atoms with E-state index in [-0.39, 0.29) is 58.2 Å². The topological polar surface area (TPSA) is 168 Å². The Morgan fingerprint density at radius 3 is 2.89 bits per heavy atom. The molecule has 3 rings (SSSR count). The first kappa shape index (κ1) is 22.6. The normalized spacial score (nSPS) is 21.2. The van der Waals surface area contributed by atoms with Gasteiger partial charge in [0.25, 0.3) is 11.8 Å². The summed E-state index contributed by atoms with van der Waals surface area (Å²) < 4.78 is 0. The first-order valence-corrected chi connectivity index (χ1v) is 9.72. The summed E-state index contributed by atoms with van der Waals surface area (Å²) in [7, 11) is 0. The van der Waals surface area contributed by atoms with Crippen molar-refractivity contribution in [3.63, 3.8) is 0 Å². The van der Waals surface area contributed by atoms with Crippen molar-refractivity contribution in [1.29, 1.82) is 5.26 Å². The molecule has 1 saturated heterocycles. The van der Waals surface area contributed by atoms with Crippen LogP contribution >= 0.6 is 35.3 Å². The number of nitrogens with zero attached hydrogens (tertiary/aromatic N) is 4. The third kappa shape index (κ3) is 4.02. The molecule has 0 spiro atoms. The van der Waals surface area contributed by atoms with Gasteiger partial charge in [-0.15, -0.1) is 23.1 Å². The van der Waals surface area contributed by atoms with Gasteiger partial charge in [0, 0.05) is 16.8 Å². The number of oxime groups is 1. The fraction of sp³-hybridized carbons (Fsp3) is 0.286. The number of thioether (sulfide) groups is 1. The number of fused-ring (bicyclic) bond motifs is 1. The number of carbonyl (C=O) groups excluding carboxylic acids is 2. The van der Waals surface area contributed by atoms with E-state index in [4.69, 9.17) is 28.4 Å². The summed E-state index contributed by atoms with van der Waals surface area (Å²) in [6, 6.07) is 1.02. The standard InChI is InChI=1S/C14H12N6O4S3.Na/c15-2-1-5-3-26-12-8(11(22)20(12)9(5)13(23)25)18-10(21)7(19-24)6-4-27-14(16)17-6;/h4,8,12,24H,1,3H2,(H2,16,17)(H,18,21)(H,23,25);/q;+1/p-1/b19-7-;/t8-,12-;/m1./s1. The van der Waals surface area contributed by atoms with Crippen molar-refractivity contribution in [2.75, 3.05) is 11.5 Å². The zero-order chi connectivity index (χ0) is 19.7. The van der Waals surface area contributed by atoms with Gasteiger partial charge in [-0.2, -0.15) is 5.26 Å². The SMILES string of the molecule is N#CCC1=C(C([O-])=S)N2C(=O)[C@@H](NC(=O)/C(=N\O)c3csc(N)n3)[C@H]2SC1.[Na+]. The van der Waals surface area contributed by atoms with Gasteiger partial charge in [-0.3, -0.25) is 14.5 Å². The van der Waals surface area contributed by atoms with Crippen LogP contribution in [0.5, 0.6) is 0 Å². The third-order valence-corrected chi connectivity index (χ3v) is 6.11. The molecule has 0 aliphatic carbocycles. The molecule has 10 nitrogen and oxygen atoms in total. The second-order valence-corrected chi connectivity index (χ2v) is 7.82. The first-order chi connectivity index (χ1) is 12.9. The number of rotatable bonds is 5. The summed E-state index contributed by atoms with van der Waals surface area (Å²) in [5.74, 6) is -0.992. The molecule has 0 aromatic carbocycles. The molecule has 0 unspecified atom stereocenters. The third-order valence-electron chi connectivity index (χ3n) is 3.90. The molecule has 2 aliphatic heterocycles. The molecule has 0 saturated carbocycles. The Kier molecular flexibility index (Phi) is 7.43. The van der Waals surface area contributed by atoms with E-state index in [1.54, 1.807) is 0 Å². The summed E-state index contributed by atoms with van der Waals surface area (Å²) in [5, 5.41) is 35.6. The molecule has 28 heavy (non-hydrogen) atoms. The average molecular weight is 446 g/mol. The minimum absolute atomic E-state index is 0. The van der Waals surface area contributed by atoms with E-state index >= 15 is 0 Å². The van der Waals surface area contributed by atoms with Crippen LogP contribution in [0.4, 0.5) is 5.13 Å². The zero-order valence-corrected chi connectivity index (χ0v) is 18.9. The number of aromatic nitrogens is 1. The molecule has 140 valence electrons. The molecular formula is C14H11N6NaO4S3. The Morgan fingerprint density at radius 2 is 2.36 bits per heavy atom. The van der Waals surface area contributed by atoms with Gasteiger partial charge < -0.3 is 21.4 Å². The summed E-state index contributed by atoms with van der Waals surface area (Å²) in [5.41, 5.74) is 5.73. The van der Waals surface area contributed by atoms with Crippen LogP contribution in [0.25, 0.3) is 0 Å². The predicted octanol–water partition coefficient (Wildman–Crippen LogP) is -3.84. The van der Waals surface area contributed by atoms with Crippen molar-refractivity contribution < 1.29 is 49.5 Å². The maximum absolute atomic E-state index is 12.5. The van der Waals surface area contributed by atoms with Gasteiger partial charge in [-0.05, 0) is 10.6 Å². The van der Waals surface area contributed by atoms with Crippen molar-refractivity contribution >= 4 is 63.0 Å². The van der Waals surface area contributed by atoms with Gasteiger partial charge >= 0.3 is 29.6 Å². The van der Waals surface area contributed by atoms with E-state index < -0.39 is 28.3 Å². The van der Waals surface area contributed by atoms with Crippen molar-refractivity contribution in [1.82, 2.24) is 15.2 Å². The van der Waals surface area contributed by atoms with Crippen LogP contribution in [0, 0.1) is 11.3 Å². The van der Waals surface area contributed by atoms with Crippen molar-refractivity contribution in [2.24, 2.45) is 5.16 Å². The number of thiazole rings is 1. The molecule has 1 fully saturated rings. The number of nitrogens with two attached hydrogens (primary N) is 1. The monoisotopic (exact) mass is 446 g/mol. The van der Waals surface area contributed by atoms with Crippen molar-refractivity contribution in [3.8, 4) is 6.07 Å². The summed E-state index contributed by atoms with van der Waals surface area (Å²) in [6.45, 7) is 0. The first-order valence-electron chi connectivity index (χ1n) is 7.38. The zero-order valence-electron chi connectivity index (χ0n) is 14.4. The van der Waals surface area contributed by atoms with E-state index in [1.165, 1.54) is 22.0 Å². The fourth-order valence-corrected chi connectivity index (χ4v) is 4.86. The second-order valence-electron chi connectivity index (χ2n) is 5.46. The molecule has 1 aromatic heterocycles. The van der Waals surface area contributed by atoms with Crippen LogP contribution in [0.1, 0.15) is 12.1 Å². The number of thiocarbonyl (C=S) groups is 1. The van der Waals surface area contributed by atoms with Gasteiger partial charge in [0.05, 0.1) is 12.5 Å². The van der Waals surface area contributed by atoms with Crippen LogP contribution < -0.4 is 45.7 Å². The van der Waals surface area contributed by atoms with E-state index in [9.17, 15) is 14.7 Å². The second kappa shape index (κ2) is 9.21. The van der Waals surface area contributed by atoms with E-state index in [2.05, 4.69) is 15.5 Å². The van der Waals surface area contributed by atoms with E-state index in [0.717, 1.165) is 11.3 Å². The van der Waals surface area contributed by atoms with Gasteiger partial charge in [-0.25, -0.2) is 4.98 Å². The van der Waals surface area contributed by atoms with Gasteiger partial charge in [0.15, 0.2) is 10.8 Å². The largest absolute Gasteiger partial charge is 1.00 e. The molecule has 14 heteroatoms. The summed E-state index contributed by atoms with van der Waals surface area (Å²) in [6.07, 6.45) is -0.00912. The molecule has 4 N–H and O–H groups in total. The Labute approximate surface area is 194 Å². The molecule has 2 aliphatic rings. The number of β-lactam (4-membered cyclic amide) rings is 1. The average Bonchev–Trinajstić information content (AvgIpc) is 3.05. The maximum Gasteiger partial charge on any atom is 1.00 e. The number of nitriles is 1. The Balaban J connectivity index is 0.00000280. The van der Waals surface area contributed by atoms with E-state index in [1.807, 2.05) is 6.07 Å². The van der Waals surface area contributed by atoms with Gasteiger partial charge in [-0.1, -0.05) is 17.4 Å². The Bertz CT molecular complexity index is 940. The van der Waals surface area contributed by atoms with Gasteiger partial charge in [0.1, 0.15) is 17.1 Å². The number of nitrogens with one attached hydrogen (secondary N) is 1. The van der Waals surface area contributed by atoms with Crippen LogP contribution in [0.15, 0.2) is 21.8 Å². The van der Waals surface area contributed by atoms with Crippen molar-refractivity contribution in [2.45, 2.75) is 17.8 Å². The van der Waals surface area contributed by atoms with Crippen LogP contribution in [0.3, 0.4) is 0 Å². The minimum Gasteiger partial charge on any atom is -0.863 e. The number of hydrogen-bond donors (Lipinski definition) is 3.